The Labute approximate surface area is 224 Å². The second kappa shape index (κ2) is 11.3. The molecule has 1 aliphatic rings. The molecule has 0 spiro atoms. The molecule has 3 aromatic heterocycles. The Morgan fingerprint density at radius 2 is 2.00 bits per heavy atom. The van der Waals surface area contributed by atoms with Crippen LogP contribution in [0.2, 0.25) is 5.02 Å². The lowest BCUT2D eigenvalue weighted by molar-refractivity contribution is -0.149. The van der Waals surface area contributed by atoms with Gasteiger partial charge in [-0.05, 0) is 42.5 Å². The number of pyridine rings is 1. The van der Waals surface area contributed by atoms with Crippen LogP contribution in [0.4, 0.5) is 17.6 Å². The summed E-state index contributed by atoms with van der Waals surface area (Å²) in [4.78, 5) is 25.6. The fourth-order valence-electron chi connectivity index (χ4n) is 4.17. The molecule has 0 aliphatic carbocycles. The van der Waals surface area contributed by atoms with Crippen LogP contribution in [0.1, 0.15) is 40.4 Å². The Bertz CT molecular complexity index is 1510. The van der Waals surface area contributed by atoms with Crippen molar-refractivity contribution in [3.63, 3.8) is 0 Å². The van der Waals surface area contributed by atoms with Crippen molar-refractivity contribution in [3.8, 4) is 17.0 Å². The first kappa shape index (κ1) is 27.8. The van der Waals surface area contributed by atoms with Crippen LogP contribution in [-0.2, 0) is 4.79 Å². The topological polar surface area (TPSA) is 112 Å². The van der Waals surface area contributed by atoms with Crippen molar-refractivity contribution < 1.29 is 31.9 Å². The van der Waals surface area contributed by atoms with E-state index in [9.17, 15) is 22.4 Å². The standard InChI is InChI=1S/C25H19ClF4N4O2.CH3NO/c1-13-12-36-23-16(13)9-19(33-22(23)14-4-6-15(27)7-5-14)18(25(28,29)30)11-31-24(35)17-10-32-34-8-2-3-20(34)21(17)26;2-1-3/h2-10,13,18H,11-12H2,1H3,(H,31,35);1H,(H2,2,3). The Kier molecular flexibility index (Phi) is 8.05. The smallest absolute Gasteiger partial charge is 0.398 e. The zero-order valence-corrected chi connectivity index (χ0v) is 21.1. The minimum Gasteiger partial charge on any atom is -0.490 e. The lowest BCUT2D eigenvalue weighted by atomic mass is 9.95. The monoisotopic (exact) mass is 563 g/mol. The Morgan fingerprint density at radius 3 is 2.67 bits per heavy atom. The van der Waals surface area contributed by atoms with E-state index in [2.05, 4.69) is 21.1 Å². The molecule has 2 unspecified atom stereocenters. The number of carbonyl (C=O) groups is 2. The van der Waals surface area contributed by atoms with Gasteiger partial charge in [0.25, 0.3) is 5.91 Å². The van der Waals surface area contributed by atoms with E-state index in [1.54, 1.807) is 18.3 Å². The molecule has 2 atom stereocenters. The Morgan fingerprint density at radius 1 is 1.31 bits per heavy atom. The highest BCUT2D eigenvalue weighted by Gasteiger charge is 2.43. The first-order valence-electron chi connectivity index (χ1n) is 11.6. The molecule has 0 saturated carbocycles. The van der Waals surface area contributed by atoms with E-state index in [-0.39, 0.29) is 40.9 Å². The summed E-state index contributed by atoms with van der Waals surface area (Å²) >= 11 is 6.28. The summed E-state index contributed by atoms with van der Waals surface area (Å²) in [5.41, 5.74) is 5.50. The third-order valence-corrected chi connectivity index (χ3v) is 6.51. The van der Waals surface area contributed by atoms with Gasteiger partial charge in [0.15, 0.2) is 0 Å². The van der Waals surface area contributed by atoms with Gasteiger partial charge in [0.2, 0.25) is 6.41 Å². The van der Waals surface area contributed by atoms with E-state index in [1.807, 2.05) is 6.92 Å². The minimum absolute atomic E-state index is 0.0419. The summed E-state index contributed by atoms with van der Waals surface area (Å²) in [6.07, 6.45) is -1.64. The van der Waals surface area contributed by atoms with Gasteiger partial charge in [-0.2, -0.15) is 18.3 Å². The van der Waals surface area contributed by atoms with Crippen LogP contribution >= 0.6 is 11.6 Å². The highest BCUT2D eigenvalue weighted by Crippen LogP contribution is 2.44. The molecule has 0 radical (unpaired) electrons. The van der Waals surface area contributed by atoms with E-state index in [4.69, 9.17) is 21.1 Å². The normalized spacial score (nSPS) is 15.1. The number of hydrogen-bond donors (Lipinski definition) is 2. The van der Waals surface area contributed by atoms with Crippen molar-refractivity contribution in [2.24, 2.45) is 5.73 Å². The number of nitrogens with two attached hydrogens (primary N) is 1. The number of ether oxygens (including phenoxy) is 1. The molecule has 1 aromatic carbocycles. The molecule has 204 valence electrons. The molecule has 4 aromatic rings. The largest absolute Gasteiger partial charge is 0.490 e. The third-order valence-electron chi connectivity index (χ3n) is 6.11. The van der Waals surface area contributed by atoms with Crippen molar-refractivity contribution in [1.82, 2.24) is 19.9 Å². The van der Waals surface area contributed by atoms with Gasteiger partial charge in [-0.15, -0.1) is 0 Å². The number of primary amides is 1. The van der Waals surface area contributed by atoms with E-state index >= 15 is 0 Å². The van der Waals surface area contributed by atoms with E-state index in [0.717, 1.165) is 0 Å². The maximum absolute atomic E-state index is 14.2. The van der Waals surface area contributed by atoms with Crippen molar-refractivity contribution in [1.29, 1.82) is 0 Å². The molecular formula is C26H22ClF4N5O3. The van der Waals surface area contributed by atoms with Crippen LogP contribution in [0.5, 0.6) is 5.75 Å². The van der Waals surface area contributed by atoms with Crippen LogP contribution in [-0.4, -0.2) is 46.2 Å². The number of halogens is 5. The van der Waals surface area contributed by atoms with Crippen molar-refractivity contribution >= 4 is 29.4 Å². The van der Waals surface area contributed by atoms with Crippen molar-refractivity contribution in [2.75, 3.05) is 13.2 Å². The average Bonchev–Trinajstić information content (AvgIpc) is 3.51. The first-order valence-corrected chi connectivity index (χ1v) is 12.0. The number of nitrogens with one attached hydrogen (secondary N) is 1. The summed E-state index contributed by atoms with van der Waals surface area (Å²) in [7, 11) is 0. The molecule has 0 saturated heterocycles. The summed E-state index contributed by atoms with van der Waals surface area (Å²) in [6, 6.07) is 9.96. The van der Waals surface area contributed by atoms with Gasteiger partial charge in [0.1, 0.15) is 23.2 Å². The fourth-order valence-corrected chi connectivity index (χ4v) is 4.45. The zero-order valence-electron chi connectivity index (χ0n) is 20.4. The molecule has 0 fully saturated rings. The first-order chi connectivity index (χ1) is 18.5. The molecule has 2 amide bonds. The lowest BCUT2D eigenvalue weighted by Crippen LogP contribution is -2.36. The van der Waals surface area contributed by atoms with E-state index in [0.29, 0.717) is 22.4 Å². The highest BCUT2D eigenvalue weighted by atomic mass is 35.5. The predicted molar refractivity (Wildman–Crippen MR) is 135 cm³/mol. The third kappa shape index (κ3) is 5.80. The van der Waals surface area contributed by atoms with E-state index < -0.39 is 30.4 Å². The number of carbonyl (C=O) groups excluding carboxylic acids is 2. The summed E-state index contributed by atoms with van der Waals surface area (Å²) in [6.45, 7) is 1.35. The van der Waals surface area contributed by atoms with Gasteiger partial charge in [-0.3, -0.25) is 9.59 Å². The number of amides is 2. The van der Waals surface area contributed by atoms with Gasteiger partial charge in [0.05, 0.1) is 34.6 Å². The predicted octanol–water partition coefficient (Wildman–Crippen LogP) is 4.86. The molecule has 39 heavy (non-hydrogen) atoms. The van der Waals surface area contributed by atoms with Crippen LogP contribution in [0.3, 0.4) is 0 Å². The SMILES string of the molecule is CC1COc2c1cc(C(CNC(=O)c1cnn3cccc3c1Cl)C(F)(F)F)nc2-c1ccc(F)cc1.NC=O. The molecule has 3 N–H and O–H groups in total. The maximum Gasteiger partial charge on any atom is 0.398 e. The summed E-state index contributed by atoms with van der Waals surface area (Å²) in [5, 5.41) is 6.47. The van der Waals surface area contributed by atoms with Crippen molar-refractivity contribution in [3.05, 3.63) is 82.5 Å². The molecule has 0 bridgehead atoms. The maximum atomic E-state index is 14.2. The average molecular weight is 564 g/mol. The lowest BCUT2D eigenvalue weighted by Gasteiger charge is -2.22. The van der Waals surface area contributed by atoms with Crippen molar-refractivity contribution in [2.45, 2.75) is 24.9 Å². The van der Waals surface area contributed by atoms with Gasteiger partial charge in [-0.25, -0.2) is 13.9 Å². The fraction of sp³-hybridized carbons (Fsp3) is 0.231. The number of hydrogen-bond acceptors (Lipinski definition) is 5. The van der Waals surface area contributed by atoms with Gasteiger partial charge in [0, 0.05) is 29.8 Å². The van der Waals surface area contributed by atoms with E-state index in [1.165, 1.54) is 41.0 Å². The highest BCUT2D eigenvalue weighted by molar-refractivity contribution is 6.36. The number of rotatable bonds is 5. The number of aromatic nitrogens is 3. The summed E-state index contributed by atoms with van der Waals surface area (Å²) < 4.78 is 63.3. The molecule has 5 rings (SSSR count). The number of fused-ring (bicyclic) bond motifs is 2. The summed E-state index contributed by atoms with van der Waals surface area (Å²) in [5.74, 6) is -3.17. The van der Waals surface area contributed by atoms with Crippen LogP contribution in [0.15, 0.2) is 54.9 Å². The minimum atomic E-state index is -4.72. The molecule has 1 aliphatic heterocycles. The molecule has 13 heteroatoms. The number of alkyl halides is 3. The van der Waals surface area contributed by atoms with Gasteiger partial charge in [-0.1, -0.05) is 18.5 Å². The van der Waals surface area contributed by atoms with Gasteiger partial charge < -0.3 is 15.8 Å². The second-order valence-electron chi connectivity index (χ2n) is 8.68. The number of benzene rings is 1. The van der Waals surface area contributed by atoms with Crippen LogP contribution < -0.4 is 15.8 Å². The zero-order chi connectivity index (χ0) is 28.3. The Hall–Kier alpha value is -4.19. The van der Waals surface area contributed by atoms with Crippen LogP contribution in [0.25, 0.3) is 16.8 Å². The molecule has 4 heterocycles. The van der Waals surface area contributed by atoms with Crippen LogP contribution in [0, 0.1) is 5.82 Å². The molecular weight excluding hydrogens is 542 g/mol. The second-order valence-corrected chi connectivity index (χ2v) is 9.06. The quantitative estimate of drug-likeness (QED) is 0.266. The number of nitrogens with zero attached hydrogens (tertiary/aromatic N) is 3. The molecule has 8 nitrogen and oxygen atoms in total. The van der Waals surface area contributed by atoms with Gasteiger partial charge >= 0.3 is 6.18 Å². The Balaban J connectivity index is 0.00000112.